The van der Waals surface area contributed by atoms with Crippen LogP contribution in [-0.2, 0) is 4.74 Å². The average Bonchev–Trinajstić information content (AvgIpc) is 3.19. The van der Waals surface area contributed by atoms with Crippen LogP contribution in [0.1, 0.15) is 12.8 Å². The van der Waals surface area contributed by atoms with Crippen LogP contribution in [0.3, 0.4) is 0 Å². The van der Waals surface area contributed by atoms with Crippen molar-refractivity contribution in [3.8, 4) is 5.69 Å². The number of para-hydroxylation sites is 1. The molecule has 4 heteroatoms. The van der Waals surface area contributed by atoms with Gasteiger partial charge in [-0.1, -0.05) is 18.2 Å². The second-order valence-corrected chi connectivity index (χ2v) is 5.02. The molecule has 1 aromatic heterocycles. The van der Waals surface area contributed by atoms with Gasteiger partial charge in [0.15, 0.2) is 0 Å². The number of methoxy groups -OCH3 is 1. The zero-order valence-corrected chi connectivity index (χ0v) is 11.1. The van der Waals surface area contributed by atoms with Crippen molar-refractivity contribution in [1.29, 1.82) is 0 Å². The van der Waals surface area contributed by atoms with Gasteiger partial charge in [-0.05, 0) is 30.9 Å². The lowest BCUT2D eigenvalue weighted by Crippen LogP contribution is -2.27. The van der Waals surface area contributed by atoms with Gasteiger partial charge in [0, 0.05) is 19.4 Å². The van der Waals surface area contributed by atoms with Crippen LogP contribution in [0.4, 0.5) is 5.82 Å². The lowest BCUT2D eigenvalue weighted by Gasteiger charge is -2.16. The van der Waals surface area contributed by atoms with Crippen LogP contribution in [0, 0.1) is 5.92 Å². The summed E-state index contributed by atoms with van der Waals surface area (Å²) in [4.78, 5) is 0. The van der Waals surface area contributed by atoms with Crippen molar-refractivity contribution in [2.45, 2.75) is 18.9 Å². The first kappa shape index (κ1) is 12.2. The third-order valence-electron chi connectivity index (χ3n) is 3.48. The highest BCUT2D eigenvalue weighted by Crippen LogP contribution is 2.34. The van der Waals surface area contributed by atoms with Gasteiger partial charge in [0.2, 0.25) is 0 Å². The summed E-state index contributed by atoms with van der Waals surface area (Å²) < 4.78 is 7.16. The molecule has 0 amide bonds. The van der Waals surface area contributed by atoms with E-state index >= 15 is 0 Å². The predicted molar refractivity (Wildman–Crippen MR) is 75.6 cm³/mol. The molecule has 19 heavy (non-hydrogen) atoms. The van der Waals surface area contributed by atoms with Gasteiger partial charge in [0.25, 0.3) is 0 Å². The van der Waals surface area contributed by atoms with E-state index in [0.717, 1.165) is 24.0 Å². The van der Waals surface area contributed by atoms with Crippen LogP contribution in [0.5, 0.6) is 0 Å². The van der Waals surface area contributed by atoms with Crippen molar-refractivity contribution in [3.05, 3.63) is 42.6 Å². The molecule has 0 aliphatic heterocycles. The highest BCUT2D eigenvalue weighted by Gasteiger charge is 2.31. The molecule has 4 nitrogen and oxygen atoms in total. The number of hydrogen-bond donors (Lipinski definition) is 1. The van der Waals surface area contributed by atoms with E-state index < -0.39 is 0 Å². The van der Waals surface area contributed by atoms with Crippen LogP contribution in [-0.4, -0.2) is 29.5 Å². The highest BCUT2D eigenvalue weighted by atomic mass is 16.5. The molecule has 1 heterocycles. The molecule has 0 spiro atoms. The van der Waals surface area contributed by atoms with Gasteiger partial charge in [-0.25, -0.2) is 4.68 Å². The fourth-order valence-electron chi connectivity index (χ4n) is 2.29. The highest BCUT2D eigenvalue weighted by molar-refractivity contribution is 5.39. The van der Waals surface area contributed by atoms with Crippen molar-refractivity contribution in [2.24, 2.45) is 5.92 Å². The Morgan fingerprint density at radius 3 is 2.79 bits per heavy atom. The number of nitrogens with zero attached hydrogens (tertiary/aromatic N) is 2. The van der Waals surface area contributed by atoms with E-state index in [4.69, 9.17) is 4.74 Å². The molecule has 1 atom stereocenters. The summed E-state index contributed by atoms with van der Waals surface area (Å²) in [5, 5.41) is 8.04. The van der Waals surface area contributed by atoms with E-state index in [1.807, 2.05) is 47.3 Å². The maximum atomic E-state index is 5.27. The molecule has 0 bridgehead atoms. The number of benzene rings is 1. The molecular weight excluding hydrogens is 238 g/mol. The molecular formula is C15H19N3O. The number of aromatic nitrogens is 2. The van der Waals surface area contributed by atoms with Crippen molar-refractivity contribution >= 4 is 5.82 Å². The first-order valence-electron chi connectivity index (χ1n) is 6.73. The van der Waals surface area contributed by atoms with Crippen molar-refractivity contribution < 1.29 is 4.74 Å². The molecule has 1 fully saturated rings. The molecule has 100 valence electrons. The van der Waals surface area contributed by atoms with Gasteiger partial charge in [-0.2, -0.15) is 5.10 Å². The number of anilines is 1. The minimum Gasteiger partial charge on any atom is -0.383 e. The van der Waals surface area contributed by atoms with E-state index in [0.29, 0.717) is 6.04 Å². The van der Waals surface area contributed by atoms with Gasteiger partial charge < -0.3 is 10.1 Å². The van der Waals surface area contributed by atoms with Gasteiger partial charge >= 0.3 is 0 Å². The van der Waals surface area contributed by atoms with Gasteiger partial charge in [-0.15, -0.1) is 0 Å². The second-order valence-electron chi connectivity index (χ2n) is 5.02. The van der Waals surface area contributed by atoms with Crippen LogP contribution in [0.2, 0.25) is 0 Å². The summed E-state index contributed by atoms with van der Waals surface area (Å²) in [6.45, 7) is 0.739. The van der Waals surface area contributed by atoms with E-state index in [2.05, 4.69) is 10.4 Å². The number of rotatable bonds is 6. The molecule has 0 unspecified atom stereocenters. The summed E-state index contributed by atoms with van der Waals surface area (Å²) in [6, 6.07) is 12.5. The lowest BCUT2D eigenvalue weighted by atomic mass is 10.2. The third kappa shape index (κ3) is 2.96. The van der Waals surface area contributed by atoms with Gasteiger partial charge in [0.1, 0.15) is 5.82 Å². The summed E-state index contributed by atoms with van der Waals surface area (Å²) in [5.74, 6) is 1.65. The fraction of sp³-hybridized carbons (Fsp3) is 0.400. The molecule has 2 aromatic rings. The zero-order valence-electron chi connectivity index (χ0n) is 11.1. The molecule has 1 saturated carbocycles. The minimum absolute atomic E-state index is 0.379. The number of ether oxygens (including phenoxy) is 1. The minimum atomic E-state index is 0.379. The molecule has 1 aliphatic rings. The third-order valence-corrected chi connectivity index (χ3v) is 3.48. The Hall–Kier alpha value is -1.81. The Bertz CT molecular complexity index is 519. The lowest BCUT2D eigenvalue weighted by molar-refractivity contribution is 0.179. The second kappa shape index (κ2) is 5.45. The zero-order chi connectivity index (χ0) is 13.1. The van der Waals surface area contributed by atoms with Crippen LogP contribution < -0.4 is 5.32 Å². The smallest absolute Gasteiger partial charge is 0.148 e. The maximum absolute atomic E-state index is 5.27. The SMILES string of the molecule is COC[C@@H](Nc1ccn(-c2ccccc2)n1)C1CC1. The van der Waals surface area contributed by atoms with Gasteiger partial charge in [0.05, 0.1) is 18.3 Å². The fourth-order valence-corrected chi connectivity index (χ4v) is 2.29. The standard InChI is InChI=1S/C15H19N3O/c1-19-11-14(12-7-8-12)16-15-9-10-18(17-15)13-5-3-2-4-6-13/h2-6,9-10,12,14H,7-8,11H2,1H3,(H,16,17)/t14-/m1/s1. The summed E-state index contributed by atoms with van der Waals surface area (Å²) in [6.07, 6.45) is 4.56. The number of hydrogen-bond acceptors (Lipinski definition) is 3. The van der Waals surface area contributed by atoms with E-state index in [-0.39, 0.29) is 0 Å². The molecule has 0 saturated heterocycles. The van der Waals surface area contributed by atoms with Crippen molar-refractivity contribution in [3.63, 3.8) is 0 Å². The topological polar surface area (TPSA) is 39.1 Å². The average molecular weight is 257 g/mol. The summed E-state index contributed by atoms with van der Waals surface area (Å²) in [7, 11) is 1.75. The molecule has 1 aliphatic carbocycles. The van der Waals surface area contributed by atoms with Crippen molar-refractivity contribution in [1.82, 2.24) is 9.78 Å². The Balaban J connectivity index is 1.70. The first-order valence-corrected chi connectivity index (χ1v) is 6.73. The summed E-state index contributed by atoms with van der Waals surface area (Å²) in [5.41, 5.74) is 1.07. The van der Waals surface area contributed by atoms with Crippen LogP contribution >= 0.6 is 0 Å². The Morgan fingerprint density at radius 1 is 1.32 bits per heavy atom. The van der Waals surface area contributed by atoms with E-state index in [1.54, 1.807) is 7.11 Å². The first-order chi connectivity index (χ1) is 9.36. The molecule has 0 radical (unpaired) electrons. The Labute approximate surface area is 113 Å². The van der Waals surface area contributed by atoms with Crippen LogP contribution in [0.25, 0.3) is 5.69 Å². The quantitative estimate of drug-likeness (QED) is 0.864. The largest absolute Gasteiger partial charge is 0.383 e. The molecule has 1 aromatic carbocycles. The summed E-state index contributed by atoms with van der Waals surface area (Å²) >= 11 is 0. The predicted octanol–water partition coefficient (Wildman–Crippen LogP) is 2.71. The molecule has 3 rings (SSSR count). The molecule has 1 N–H and O–H groups in total. The van der Waals surface area contributed by atoms with Gasteiger partial charge in [-0.3, -0.25) is 0 Å². The number of nitrogens with one attached hydrogen (secondary N) is 1. The van der Waals surface area contributed by atoms with Crippen LogP contribution in [0.15, 0.2) is 42.6 Å². The Kier molecular flexibility index (Phi) is 3.51. The maximum Gasteiger partial charge on any atom is 0.148 e. The van der Waals surface area contributed by atoms with E-state index in [9.17, 15) is 0 Å². The Morgan fingerprint density at radius 2 is 2.11 bits per heavy atom. The van der Waals surface area contributed by atoms with Crippen molar-refractivity contribution in [2.75, 3.05) is 19.0 Å². The normalized spacial score (nSPS) is 16.3. The van der Waals surface area contributed by atoms with E-state index in [1.165, 1.54) is 12.8 Å². The monoisotopic (exact) mass is 257 g/mol.